The van der Waals surface area contributed by atoms with Gasteiger partial charge in [-0.3, -0.25) is 0 Å². The average Bonchev–Trinajstić information content (AvgIpc) is 2.29. The highest BCUT2D eigenvalue weighted by atomic mass is 14.5. The predicted octanol–water partition coefficient (Wildman–Crippen LogP) is 4.93. The normalized spacial score (nSPS) is 13.1. The molecular formula is C19H33N. The van der Waals surface area contributed by atoms with Gasteiger partial charge in [0.25, 0.3) is 0 Å². The first-order valence-corrected chi connectivity index (χ1v) is 7.91. The first kappa shape index (κ1) is 17.2. The van der Waals surface area contributed by atoms with Gasteiger partial charge in [0.05, 0.1) is 0 Å². The van der Waals surface area contributed by atoms with Crippen molar-refractivity contribution in [2.75, 3.05) is 6.54 Å². The van der Waals surface area contributed by atoms with E-state index in [9.17, 15) is 0 Å². The Hall–Kier alpha value is -0.820. The molecule has 0 aliphatic rings. The molecule has 114 valence electrons. The molecule has 1 aromatic carbocycles. The molecule has 0 unspecified atom stereocenters. The van der Waals surface area contributed by atoms with Gasteiger partial charge in [0, 0.05) is 0 Å². The molecule has 0 aliphatic heterocycles. The van der Waals surface area contributed by atoms with Gasteiger partial charge >= 0.3 is 0 Å². The summed E-state index contributed by atoms with van der Waals surface area (Å²) in [4.78, 5) is 0. The molecular weight excluding hydrogens is 242 g/mol. The molecule has 1 aromatic rings. The summed E-state index contributed by atoms with van der Waals surface area (Å²) < 4.78 is 0. The highest BCUT2D eigenvalue weighted by Gasteiger charge is 2.33. The van der Waals surface area contributed by atoms with Gasteiger partial charge in [-0.2, -0.15) is 0 Å². The standard InChI is InChI=1S/C19H33N/c1-14(2)16-10-8-9-15(17(16)11-12-20)13-19(6,7)18(3,4)5/h8-10,14H,11-13,20H2,1-7H3. The smallest absolute Gasteiger partial charge is 0.00365 e. The average molecular weight is 275 g/mol. The van der Waals surface area contributed by atoms with E-state index in [-0.39, 0.29) is 5.41 Å². The number of hydrogen-bond donors (Lipinski definition) is 1. The van der Waals surface area contributed by atoms with Crippen LogP contribution in [0.1, 0.15) is 71.1 Å². The molecule has 0 aromatic heterocycles. The molecule has 0 spiro atoms. The third-order valence-electron chi connectivity index (χ3n) is 4.99. The lowest BCUT2D eigenvalue weighted by molar-refractivity contribution is 0.132. The summed E-state index contributed by atoms with van der Waals surface area (Å²) in [6.45, 7) is 17.0. The topological polar surface area (TPSA) is 26.0 Å². The van der Waals surface area contributed by atoms with Crippen molar-refractivity contribution in [2.45, 2.75) is 67.2 Å². The Labute approximate surface area is 126 Å². The number of rotatable bonds is 5. The Balaban J connectivity index is 3.21. The van der Waals surface area contributed by atoms with Crippen LogP contribution in [0.5, 0.6) is 0 Å². The summed E-state index contributed by atoms with van der Waals surface area (Å²) in [5.41, 5.74) is 10.9. The van der Waals surface area contributed by atoms with E-state index in [1.807, 2.05) is 0 Å². The van der Waals surface area contributed by atoms with Gasteiger partial charge in [0.1, 0.15) is 0 Å². The number of nitrogens with two attached hydrogens (primary N) is 1. The number of hydrogen-bond acceptors (Lipinski definition) is 1. The molecule has 1 heteroatoms. The molecule has 0 aliphatic carbocycles. The second-order valence-electron chi connectivity index (χ2n) is 7.99. The Morgan fingerprint density at radius 1 is 1.05 bits per heavy atom. The fraction of sp³-hybridized carbons (Fsp3) is 0.684. The fourth-order valence-corrected chi connectivity index (χ4v) is 2.55. The van der Waals surface area contributed by atoms with Crippen LogP contribution in [0.4, 0.5) is 0 Å². The van der Waals surface area contributed by atoms with Crippen molar-refractivity contribution in [3.63, 3.8) is 0 Å². The van der Waals surface area contributed by atoms with Gasteiger partial charge in [0.15, 0.2) is 0 Å². The van der Waals surface area contributed by atoms with Gasteiger partial charge in [0.2, 0.25) is 0 Å². The van der Waals surface area contributed by atoms with Crippen LogP contribution in [0.2, 0.25) is 0 Å². The zero-order valence-electron chi connectivity index (χ0n) is 14.5. The third-order valence-corrected chi connectivity index (χ3v) is 4.99. The first-order valence-electron chi connectivity index (χ1n) is 7.91. The van der Waals surface area contributed by atoms with Crippen LogP contribution in [0.25, 0.3) is 0 Å². The van der Waals surface area contributed by atoms with E-state index in [1.54, 1.807) is 0 Å². The van der Waals surface area contributed by atoms with E-state index >= 15 is 0 Å². The minimum atomic E-state index is 0.270. The quantitative estimate of drug-likeness (QED) is 0.810. The van der Waals surface area contributed by atoms with Crippen molar-refractivity contribution in [1.82, 2.24) is 0 Å². The van der Waals surface area contributed by atoms with Crippen LogP contribution >= 0.6 is 0 Å². The molecule has 0 amide bonds. The second kappa shape index (κ2) is 6.30. The zero-order chi connectivity index (χ0) is 15.6. The maximum absolute atomic E-state index is 5.85. The van der Waals surface area contributed by atoms with Crippen molar-refractivity contribution in [2.24, 2.45) is 16.6 Å². The molecule has 0 radical (unpaired) electrons. The van der Waals surface area contributed by atoms with Crippen molar-refractivity contribution in [1.29, 1.82) is 0 Å². The van der Waals surface area contributed by atoms with Gasteiger partial charge in [-0.15, -0.1) is 0 Å². The lowest BCUT2D eigenvalue weighted by Crippen LogP contribution is -2.32. The Kier molecular flexibility index (Phi) is 5.43. The van der Waals surface area contributed by atoms with Crippen molar-refractivity contribution in [3.05, 3.63) is 34.9 Å². The lowest BCUT2D eigenvalue weighted by atomic mass is 9.65. The van der Waals surface area contributed by atoms with Crippen LogP contribution in [0.3, 0.4) is 0 Å². The summed E-state index contributed by atoms with van der Waals surface area (Å²) in [6.07, 6.45) is 2.11. The summed E-state index contributed by atoms with van der Waals surface area (Å²) in [5, 5.41) is 0. The first-order chi connectivity index (χ1) is 9.10. The van der Waals surface area contributed by atoms with Crippen molar-refractivity contribution >= 4 is 0 Å². The molecule has 0 bridgehead atoms. The fourth-order valence-electron chi connectivity index (χ4n) is 2.55. The summed E-state index contributed by atoms with van der Waals surface area (Å²) >= 11 is 0. The van der Waals surface area contributed by atoms with Crippen LogP contribution in [0.15, 0.2) is 18.2 Å². The third kappa shape index (κ3) is 3.85. The van der Waals surface area contributed by atoms with Crippen molar-refractivity contribution < 1.29 is 0 Å². The van der Waals surface area contributed by atoms with Gasteiger partial charge < -0.3 is 5.73 Å². The van der Waals surface area contributed by atoms with E-state index in [4.69, 9.17) is 5.73 Å². The van der Waals surface area contributed by atoms with Gasteiger partial charge in [-0.1, -0.05) is 66.7 Å². The van der Waals surface area contributed by atoms with Gasteiger partial charge in [-0.05, 0) is 52.8 Å². The molecule has 1 rings (SSSR count). The molecule has 0 fully saturated rings. The molecule has 0 saturated heterocycles. The summed E-state index contributed by atoms with van der Waals surface area (Å²) in [5.74, 6) is 0.564. The highest BCUT2D eigenvalue weighted by molar-refractivity contribution is 5.38. The van der Waals surface area contributed by atoms with Crippen LogP contribution < -0.4 is 5.73 Å². The molecule has 20 heavy (non-hydrogen) atoms. The number of benzene rings is 1. The van der Waals surface area contributed by atoms with E-state index in [0.717, 1.165) is 19.4 Å². The molecule has 1 nitrogen and oxygen atoms in total. The molecule has 0 saturated carbocycles. The lowest BCUT2D eigenvalue weighted by Gasteiger charge is -2.40. The van der Waals surface area contributed by atoms with E-state index in [2.05, 4.69) is 66.7 Å². The molecule has 0 atom stereocenters. The van der Waals surface area contributed by atoms with Crippen LogP contribution in [-0.2, 0) is 12.8 Å². The Morgan fingerprint density at radius 3 is 2.10 bits per heavy atom. The van der Waals surface area contributed by atoms with E-state index in [0.29, 0.717) is 11.3 Å². The van der Waals surface area contributed by atoms with E-state index < -0.39 is 0 Å². The SMILES string of the molecule is CC(C)c1cccc(CC(C)(C)C(C)(C)C)c1CCN. The Morgan fingerprint density at radius 2 is 1.65 bits per heavy atom. The van der Waals surface area contributed by atoms with E-state index in [1.165, 1.54) is 16.7 Å². The van der Waals surface area contributed by atoms with Crippen molar-refractivity contribution in [3.8, 4) is 0 Å². The maximum Gasteiger partial charge on any atom is -0.00365 e. The second-order valence-corrected chi connectivity index (χ2v) is 7.99. The zero-order valence-corrected chi connectivity index (χ0v) is 14.5. The molecule has 2 N–H and O–H groups in total. The largest absolute Gasteiger partial charge is 0.330 e. The summed E-state index contributed by atoms with van der Waals surface area (Å²) in [6, 6.07) is 6.77. The molecule has 0 heterocycles. The minimum absolute atomic E-state index is 0.270. The predicted molar refractivity (Wildman–Crippen MR) is 90.2 cm³/mol. The minimum Gasteiger partial charge on any atom is -0.330 e. The maximum atomic E-state index is 5.85. The van der Waals surface area contributed by atoms with Crippen LogP contribution in [0, 0.1) is 10.8 Å². The van der Waals surface area contributed by atoms with Gasteiger partial charge in [-0.25, -0.2) is 0 Å². The Bertz CT molecular complexity index is 436. The van der Waals surface area contributed by atoms with Crippen LogP contribution in [-0.4, -0.2) is 6.54 Å². The highest BCUT2D eigenvalue weighted by Crippen LogP contribution is 2.41. The monoisotopic (exact) mass is 275 g/mol. The summed E-state index contributed by atoms with van der Waals surface area (Å²) in [7, 11) is 0.